The van der Waals surface area contributed by atoms with E-state index in [9.17, 15) is 14.4 Å². The summed E-state index contributed by atoms with van der Waals surface area (Å²) in [5.74, 6) is -1.63. The second-order valence-corrected chi connectivity index (χ2v) is 5.23. The van der Waals surface area contributed by atoms with Crippen LogP contribution in [0.3, 0.4) is 0 Å². The van der Waals surface area contributed by atoms with Crippen LogP contribution in [-0.4, -0.2) is 19.2 Å². The molecule has 0 aliphatic carbocycles. The van der Waals surface area contributed by atoms with Gasteiger partial charge in [-0.05, 0) is 26.8 Å². The number of halogens is 1. The van der Waals surface area contributed by atoms with Crippen molar-refractivity contribution in [2.24, 2.45) is 5.73 Å². The van der Waals surface area contributed by atoms with E-state index in [0.717, 1.165) is 0 Å². The van der Waals surface area contributed by atoms with Gasteiger partial charge in [0.2, 0.25) is 5.88 Å². The number of ether oxygens (including phenoxy) is 3. The molecule has 0 saturated carbocycles. The fraction of sp³-hybridized carbons (Fsp3) is 0.333. The Balaban J connectivity index is 2.69. The molecule has 2 rings (SSSR count). The van der Waals surface area contributed by atoms with Gasteiger partial charge >= 0.3 is 5.97 Å². The normalized spacial score (nSPS) is 17.0. The van der Waals surface area contributed by atoms with E-state index in [1.165, 1.54) is 18.2 Å². The van der Waals surface area contributed by atoms with Crippen LogP contribution < -0.4 is 10.5 Å². The fourth-order valence-electron chi connectivity index (χ4n) is 2.69. The lowest BCUT2D eigenvalue weighted by Gasteiger charge is -2.28. The second-order valence-electron chi connectivity index (χ2n) is 5.23. The van der Waals surface area contributed by atoms with Crippen LogP contribution in [0.15, 0.2) is 41.0 Å². The first kappa shape index (κ1) is 18.3. The predicted octanol–water partition coefficient (Wildman–Crippen LogP) is 2.87. The molecule has 1 unspecified atom stereocenters. The topological polar surface area (TPSA) is 94.6 Å². The summed E-state index contributed by atoms with van der Waals surface area (Å²) < 4.78 is 29.6. The van der Waals surface area contributed by atoms with Crippen molar-refractivity contribution in [3.8, 4) is 11.8 Å². The number of benzene rings is 1. The zero-order valence-electron chi connectivity index (χ0n) is 14.3. The number of nitriles is 1. The SMILES string of the molecule is CCOC(=O)C1=C(C)OC(N)=C(C#N)C1c1ccc(F)cc1OCC. The van der Waals surface area contributed by atoms with E-state index in [-0.39, 0.29) is 41.8 Å². The maximum Gasteiger partial charge on any atom is 0.338 e. The molecule has 0 saturated heterocycles. The molecule has 25 heavy (non-hydrogen) atoms. The molecule has 1 aliphatic heterocycles. The zero-order valence-corrected chi connectivity index (χ0v) is 14.3. The Bertz CT molecular complexity index is 793. The lowest BCUT2D eigenvalue weighted by molar-refractivity contribution is -0.139. The molecule has 1 heterocycles. The molecule has 132 valence electrons. The highest BCUT2D eigenvalue weighted by molar-refractivity contribution is 5.92. The van der Waals surface area contributed by atoms with Crippen molar-refractivity contribution in [1.29, 1.82) is 5.26 Å². The summed E-state index contributed by atoms with van der Waals surface area (Å²) in [7, 11) is 0. The van der Waals surface area contributed by atoms with Crippen LogP contribution in [0.5, 0.6) is 5.75 Å². The third-order valence-electron chi connectivity index (χ3n) is 3.69. The minimum Gasteiger partial charge on any atom is -0.493 e. The van der Waals surface area contributed by atoms with Gasteiger partial charge in [0.1, 0.15) is 29.0 Å². The van der Waals surface area contributed by atoms with Gasteiger partial charge in [0.15, 0.2) is 0 Å². The molecule has 0 fully saturated rings. The molecule has 1 atom stereocenters. The minimum absolute atomic E-state index is 0.0428. The third-order valence-corrected chi connectivity index (χ3v) is 3.69. The molecule has 7 heteroatoms. The Labute approximate surface area is 145 Å². The Morgan fingerprint density at radius 3 is 2.72 bits per heavy atom. The van der Waals surface area contributed by atoms with Crippen molar-refractivity contribution in [2.45, 2.75) is 26.7 Å². The Kier molecular flexibility index (Phi) is 5.65. The molecule has 2 N–H and O–H groups in total. The highest BCUT2D eigenvalue weighted by atomic mass is 19.1. The summed E-state index contributed by atoms with van der Waals surface area (Å²) in [6, 6.07) is 5.88. The summed E-state index contributed by atoms with van der Waals surface area (Å²) >= 11 is 0. The maximum absolute atomic E-state index is 13.6. The number of nitrogens with zero attached hydrogens (tertiary/aromatic N) is 1. The first-order valence-corrected chi connectivity index (χ1v) is 7.82. The monoisotopic (exact) mass is 346 g/mol. The lowest BCUT2D eigenvalue weighted by atomic mass is 9.82. The summed E-state index contributed by atoms with van der Waals surface area (Å²) in [4.78, 5) is 12.4. The number of esters is 1. The average Bonchev–Trinajstić information content (AvgIpc) is 2.55. The second kappa shape index (κ2) is 7.71. The van der Waals surface area contributed by atoms with Crippen LogP contribution in [0, 0.1) is 17.1 Å². The van der Waals surface area contributed by atoms with Gasteiger partial charge in [0.25, 0.3) is 0 Å². The zero-order chi connectivity index (χ0) is 18.6. The molecule has 1 aliphatic rings. The van der Waals surface area contributed by atoms with E-state index < -0.39 is 17.7 Å². The highest BCUT2D eigenvalue weighted by Crippen LogP contribution is 2.43. The maximum atomic E-state index is 13.6. The molecule has 0 radical (unpaired) electrons. The fourth-order valence-corrected chi connectivity index (χ4v) is 2.69. The summed E-state index contributed by atoms with van der Waals surface area (Å²) in [5.41, 5.74) is 6.45. The molecule has 0 spiro atoms. The van der Waals surface area contributed by atoms with Crippen LogP contribution in [0.25, 0.3) is 0 Å². The first-order chi connectivity index (χ1) is 11.9. The lowest BCUT2D eigenvalue weighted by Crippen LogP contribution is -2.26. The molecule has 1 aromatic carbocycles. The van der Waals surface area contributed by atoms with Crippen molar-refractivity contribution < 1.29 is 23.4 Å². The number of hydrogen-bond donors (Lipinski definition) is 1. The van der Waals surface area contributed by atoms with Crippen molar-refractivity contribution in [1.82, 2.24) is 0 Å². The highest BCUT2D eigenvalue weighted by Gasteiger charge is 2.37. The Hall–Kier alpha value is -3.01. The van der Waals surface area contributed by atoms with E-state index in [0.29, 0.717) is 5.56 Å². The third kappa shape index (κ3) is 3.58. The van der Waals surface area contributed by atoms with Gasteiger partial charge < -0.3 is 19.9 Å². The standard InChI is InChI=1S/C18H19FN2O4/c1-4-23-14-8-11(19)6-7-12(14)16-13(9-20)17(21)25-10(3)15(16)18(22)24-5-2/h6-8,16H,4-5,21H2,1-3H3. The largest absolute Gasteiger partial charge is 0.493 e. The molecule has 6 nitrogen and oxygen atoms in total. The van der Waals surface area contributed by atoms with E-state index in [1.807, 2.05) is 6.07 Å². The quantitative estimate of drug-likeness (QED) is 0.824. The van der Waals surface area contributed by atoms with E-state index in [1.54, 1.807) is 20.8 Å². The predicted molar refractivity (Wildman–Crippen MR) is 87.6 cm³/mol. The number of hydrogen-bond acceptors (Lipinski definition) is 6. The number of carbonyl (C=O) groups excluding carboxylic acids is 1. The van der Waals surface area contributed by atoms with E-state index >= 15 is 0 Å². The van der Waals surface area contributed by atoms with Crippen LogP contribution in [0.1, 0.15) is 32.3 Å². The molecular weight excluding hydrogens is 327 g/mol. The number of rotatable bonds is 5. The Morgan fingerprint density at radius 1 is 1.40 bits per heavy atom. The van der Waals surface area contributed by atoms with Gasteiger partial charge in [-0.25, -0.2) is 9.18 Å². The molecular formula is C18H19FN2O4. The molecule has 0 aromatic heterocycles. The summed E-state index contributed by atoms with van der Waals surface area (Å²) in [6.45, 7) is 5.43. The number of carbonyl (C=O) groups is 1. The van der Waals surface area contributed by atoms with Crippen LogP contribution in [-0.2, 0) is 14.3 Å². The minimum atomic E-state index is -0.861. The van der Waals surface area contributed by atoms with Crippen LogP contribution in [0.4, 0.5) is 4.39 Å². The smallest absolute Gasteiger partial charge is 0.338 e. The van der Waals surface area contributed by atoms with Gasteiger partial charge in [-0.2, -0.15) is 5.26 Å². The molecule has 0 bridgehead atoms. The first-order valence-electron chi connectivity index (χ1n) is 7.82. The summed E-state index contributed by atoms with van der Waals surface area (Å²) in [6.07, 6.45) is 0. The molecule has 0 amide bonds. The molecule has 1 aromatic rings. The number of nitrogens with two attached hydrogens (primary N) is 1. The van der Waals surface area contributed by atoms with E-state index in [2.05, 4.69) is 0 Å². The van der Waals surface area contributed by atoms with Crippen molar-refractivity contribution in [2.75, 3.05) is 13.2 Å². The van der Waals surface area contributed by atoms with Gasteiger partial charge in [0, 0.05) is 11.6 Å². The van der Waals surface area contributed by atoms with Crippen molar-refractivity contribution in [3.05, 3.63) is 52.4 Å². The van der Waals surface area contributed by atoms with Gasteiger partial charge in [-0.1, -0.05) is 6.07 Å². The van der Waals surface area contributed by atoms with Crippen LogP contribution in [0.2, 0.25) is 0 Å². The van der Waals surface area contributed by atoms with Gasteiger partial charge in [-0.3, -0.25) is 0 Å². The van der Waals surface area contributed by atoms with Gasteiger partial charge in [0.05, 0.1) is 24.7 Å². The van der Waals surface area contributed by atoms with Crippen molar-refractivity contribution >= 4 is 5.97 Å². The summed E-state index contributed by atoms with van der Waals surface area (Å²) in [5, 5.41) is 9.53. The average molecular weight is 346 g/mol. The Morgan fingerprint density at radius 2 is 2.12 bits per heavy atom. The van der Waals surface area contributed by atoms with Crippen molar-refractivity contribution in [3.63, 3.8) is 0 Å². The van der Waals surface area contributed by atoms with Gasteiger partial charge in [-0.15, -0.1) is 0 Å². The number of allylic oxidation sites excluding steroid dienone is 2. The van der Waals surface area contributed by atoms with E-state index in [4.69, 9.17) is 19.9 Å². The van der Waals surface area contributed by atoms with Crippen LogP contribution >= 0.6 is 0 Å².